The third kappa shape index (κ3) is 3.06. The van der Waals surface area contributed by atoms with Crippen molar-refractivity contribution in [2.75, 3.05) is 5.32 Å². The highest BCUT2D eigenvalue weighted by molar-refractivity contribution is 5.94. The molecule has 3 N–H and O–H groups in total. The van der Waals surface area contributed by atoms with Crippen molar-refractivity contribution >= 4 is 22.6 Å². The molecule has 0 fully saturated rings. The van der Waals surface area contributed by atoms with E-state index in [0.29, 0.717) is 5.82 Å². The number of fused-ring (bicyclic) bond motifs is 1. The lowest BCUT2D eigenvalue weighted by Gasteiger charge is -2.05. The zero-order valence-electron chi connectivity index (χ0n) is 14.5. The molecule has 0 unspecified atom stereocenters. The fourth-order valence-electron chi connectivity index (χ4n) is 2.91. The zero-order chi connectivity index (χ0) is 18.1. The first-order valence-corrected chi connectivity index (χ1v) is 8.31. The Labute approximate surface area is 149 Å². The summed E-state index contributed by atoms with van der Waals surface area (Å²) < 4.78 is 0. The fourth-order valence-corrected chi connectivity index (χ4v) is 2.91. The number of benzene rings is 1. The lowest BCUT2D eigenvalue weighted by molar-refractivity contribution is -0.115. The van der Waals surface area contributed by atoms with Crippen LogP contribution in [0.5, 0.6) is 0 Å². The Bertz CT molecular complexity index is 1060. The fraction of sp³-hybridized carbons (Fsp3) is 0.158. The van der Waals surface area contributed by atoms with Gasteiger partial charge in [-0.1, -0.05) is 6.07 Å². The van der Waals surface area contributed by atoms with E-state index < -0.39 is 0 Å². The smallest absolute Gasteiger partial charge is 0.228 e. The van der Waals surface area contributed by atoms with E-state index in [0.717, 1.165) is 39.4 Å². The molecule has 7 nitrogen and oxygen atoms in total. The molecule has 0 bridgehead atoms. The van der Waals surface area contributed by atoms with Crippen molar-refractivity contribution in [3.8, 4) is 11.5 Å². The minimum Gasteiger partial charge on any atom is -0.337 e. The van der Waals surface area contributed by atoms with Crippen LogP contribution in [0.4, 0.5) is 5.69 Å². The van der Waals surface area contributed by atoms with Crippen LogP contribution in [-0.2, 0) is 11.2 Å². The number of hydrogen-bond donors (Lipinski definition) is 3. The lowest BCUT2D eigenvalue weighted by atomic mass is 10.1. The summed E-state index contributed by atoms with van der Waals surface area (Å²) in [6.45, 7) is 3.81. The number of H-pyrrole nitrogens is 2. The van der Waals surface area contributed by atoms with E-state index in [1.165, 1.54) is 0 Å². The van der Waals surface area contributed by atoms with Gasteiger partial charge in [0.1, 0.15) is 5.69 Å². The van der Waals surface area contributed by atoms with Gasteiger partial charge >= 0.3 is 0 Å². The van der Waals surface area contributed by atoms with Crippen molar-refractivity contribution < 1.29 is 4.79 Å². The van der Waals surface area contributed by atoms with Gasteiger partial charge in [-0.05, 0) is 44.2 Å². The minimum atomic E-state index is -0.0820. The molecule has 3 heterocycles. The van der Waals surface area contributed by atoms with Gasteiger partial charge in [0, 0.05) is 23.1 Å². The first kappa shape index (κ1) is 16.0. The molecular formula is C19H18N6O. The molecule has 4 aromatic rings. The van der Waals surface area contributed by atoms with Gasteiger partial charge in [-0.25, -0.2) is 4.98 Å². The SMILES string of the molecule is Cc1n[nH]c(C)c1CC(=O)Nc1ccc2nc(-c3ccccn3)[nH]c2c1. The molecule has 0 aliphatic carbocycles. The average molecular weight is 346 g/mol. The van der Waals surface area contributed by atoms with E-state index in [1.807, 2.05) is 50.2 Å². The van der Waals surface area contributed by atoms with Gasteiger partial charge < -0.3 is 10.3 Å². The molecule has 26 heavy (non-hydrogen) atoms. The van der Waals surface area contributed by atoms with Gasteiger partial charge in [-0.3, -0.25) is 14.9 Å². The highest BCUT2D eigenvalue weighted by Crippen LogP contribution is 2.22. The molecule has 3 aromatic heterocycles. The highest BCUT2D eigenvalue weighted by atomic mass is 16.1. The number of amides is 1. The van der Waals surface area contributed by atoms with Crippen molar-refractivity contribution in [1.82, 2.24) is 25.1 Å². The topological polar surface area (TPSA) is 99.3 Å². The zero-order valence-corrected chi connectivity index (χ0v) is 14.5. The van der Waals surface area contributed by atoms with E-state index in [4.69, 9.17) is 0 Å². The molecule has 7 heteroatoms. The van der Waals surface area contributed by atoms with E-state index >= 15 is 0 Å². The number of aromatic amines is 2. The number of rotatable bonds is 4. The summed E-state index contributed by atoms with van der Waals surface area (Å²) in [4.78, 5) is 24.5. The number of pyridine rings is 1. The maximum Gasteiger partial charge on any atom is 0.228 e. The summed E-state index contributed by atoms with van der Waals surface area (Å²) in [6.07, 6.45) is 2.02. The summed E-state index contributed by atoms with van der Waals surface area (Å²) in [6, 6.07) is 11.3. The third-order valence-corrected chi connectivity index (χ3v) is 4.29. The molecule has 1 aromatic carbocycles. The maximum atomic E-state index is 12.4. The summed E-state index contributed by atoms with van der Waals surface area (Å²) in [5.41, 5.74) is 5.87. The number of aromatic nitrogens is 5. The van der Waals surface area contributed by atoms with Crippen LogP contribution in [0.1, 0.15) is 17.0 Å². The second-order valence-electron chi connectivity index (χ2n) is 6.17. The number of imidazole rings is 1. The monoisotopic (exact) mass is 346 g/mol. The van der Waals surface area contributed by atoms with Gasteiger partial charge in [0.15, 0.2) is 5.82 Å². The van der Waals surface area contributed by atoms with Crippen molar-refractivity contribution in [3.63, 3.8) is 0 Å². The van der Waals surface area contributed by atoms with E-state index in [2.05, 4.69) is 30.5 Å². The van der Waals surface area contributed by atoms with Crippen LogP contribution in [0.25, 0.3) is 22.6 Å². The largest absolute Gasteiger partial charge is 0.337 e. The Morgan fingerprint density at radius 3 is 2.81 bits per heavy atom. The number of anilines is 1. The predicted octanol–water partition coefficient (Wildman–Crippen LogP) is 3.15. The molecule has 0 spiro atoms. The van der Waals surface area contributed by atoms with E-state index in [9.17, 15) is 4.79 Å². The number of carbonyl (C=O) groups excluding carboxylic acids is 1. The van der Waals surface area contributed by atoms with Crippen molar-refractivity contribution in [1.29, 1.82) is 0 Å². The normalized spacial score (nSPS) is 11.0. The molecule has 0 aliphatic heterocycles. The van der Waals surface area contributed by atoms with Crippen molar-refractivity contribution in [3.05, 3.63) is 59.5 Å². The second-order valence-corrected chi connectivity index (χ2v) is 6.17. The van der Waals surface area contributed by atoms with Crippen LogP contribution >= 0.6 is 0 Å². The Morgan fingerprint density at radius 2 is 2.08 bits per heavy atom. The highest BCUT2D eigenvalue weighted by Gasteiger charge is 2.12. The summed E-state index contributed by atoms with van der Waals surface area (Å²) in [7, 11) is 0. The maximum absolute atomic E-state index is 12.4. The summed E-state index contributed by atoms with van der Waals surface area (Å²) in [5.74, 6) is 0.620. The number of nitrogens with zero attached hydrogens (tertiary/aromatic N) is 3. The van der Waals surface area contributed by atoms with Crippen LogP contribution in [0, 0.1) is 13.8 Å². The second kappa shape index (κ2) is 6.44. The average Bonchev–Trinajstić information content (AvgIpc) is 3.20. The Kier molecular flexibility index (Phi) is 3.96. The quantitative estimate of drug-likeness (QED) is 0.528. The number of hydrogen-bond acceptors (Lipinski definition) is 4. The van der Waals surface area contributed by atoms with Crippen LogP contribution in [-0.4, -0.2) is 31.1 Å². The molecule has 0 radical (unpaired) electrons. The summed E-state index contributed by atoms with van der Waals surface area (Å²) >= 11 is 0. The van der Waals surface area contributed by atoms with Crippen LogP contribution < -0.4 is 5.32 Å². The Hall–Kier alpha value is -3.48. The minimum absolute atomic E-state index is 0.0820. The molecule has 4 rings (SSSR count). The first-order chi connectivity index (χ1) is 12.6. The number of nitrogens with one attached hydrogen (secondary N) is 3. The molecule has 130 valence electrons. The van der Waals surface area contributed by atoms with Gasteiger partial charge in [0.2, 0.25) is 5.91 Å². The Morgan fingerprint density at radius 1 is 1.19 bits per heavy atom. The number of aryl methyl sites for hydroxylation is 2. The predicted molar refractivity (Wildman–Crippen MR) is 99.7 cm³/mol. The molecule has 1 amide bonds. The summed E-state index contributed by atoms with van der Waals surface area (Å²) in [5, 5.41) is 9.96. The van der Waals surface area contributed by atoms with Gasteiger partial charge in [0.25, 0.3) is 0 Å². The van der Waals surface area contributed by atoms with Gasteiger partial charge in [-0.15, -0.1) is 0 Å². The van der Waals surface area contributed by atoms with Gasteiger partial charge in [0.05, 0.1) is 23.1 Å². The van der Waals surface area contributed by atoms with Crippen LogP contribution in [0.3, 0.4) is 0 Å². The first-order valence-electron chi connectivity index (χ1n) is 8.31. The van der Waals surface area contributed by atoms with E-state index in [-0.39, 0.29) is 12.3 Å². The Balaban J connectivity index is 1.55. The lowest BCUT2D eigenvalue weighted by Crippen LogP contribution is -2.15. The number of carbonyl (C=O) groups is 1. The van der Waals surface area contributed by atoms with Crippen LogP contribution in [0.15, 0.2) is 42.6 Å². The van der Waals surface area contributed by atoms with Crippen LogP contribution in [0.2, 0.25) is 0 Å². The molecule has 0 saturated heterocycles. The van der Waals surface area contributed by atoms with Crippen molar-refractivity contribution in [2.24, 2.45) is 0 Å². The molecular weight excluding hydrogens is 328 g/mol. The van der Waals surface area contributed by atoms with Crippen molar-refractivity contribution in [2.45, 2.75) is 20.3 Å². The van der Waals surface area contributed by atoms with Gasteiger partial charge in [-0.2, -0.15) is 5.10 Å². The standard InChI is InChI=1S/C19H18N6O/c1-11-14(12(2)25-24-11)10-18(26)21-13-6-7-15-17(9-13)23-19(22-15)16-5-3-4-8-20-16/h3-9H,10H2,1-2H3,(H,21,26)(H,22,23)(H,24,25). The van der Waals surface area contributed by atoms with E-state index in [1.54, 1.807) is 6.20 Å². The molecule has 0 saturated carbocycles. The third-order valence-electron chi connectivity index (χ3n) is 4.29. The molecule has 0 atom stereocenters. The molecule has 0 aliphatic rings.